The summed E-state index contributed by atoms with van der Waals surface area (Å²) >= 11 is 0. The first-order valence-corrected chi connectivity index (χ1v) is 5.64. The predicted molar refractivity (Wildman–Crippen MR) is 63.0 cm³/mol. The molecule has 0 radical (unpaired) electrons. The van der Waals surface area contributed by atoms with Gasteiger partial charge in [0.25, 0.3) is 0 Å². The van der Waals surface area contributed by atoms with Gasteiger partial charge in [-0.1, -0.05) is 6.07 Å². The van der Waals surface area contributed by atoms with E-state index in [0.717, 1.165) is 11.4 Å². The minimum Gasteiger partial charge on any atom is -0.453 e. The first kappa shape index (κ1) is 17.9. The Bertz CT molecular complexity index is 529. The van der Waals surface area contributed by atoms with Crippen LogP contribution in [0.2, 0.25) is 0 Å². The number of rotatable bonds is 3. The SMILES string of the molecule is COC(=O)NC(Nc1cccc(C)n1)(C(F)(F)F)C(F)(F)F. The van der Waals surface area contributed by atoms with Crippen LogP contribution in [0.25, 0.3) is 0 Å². The minimum absolute atomic E-state index is 0.182. The number of hydrogen-bond acceptors (Lipinski definition) is 4. The van der Waals surface area contributed by atoms with Crippen LogP contribution in [0.15, 0.2) is 18.2 Å². The summed E-state index contributed by atoms with van der Waals surface area (Å²) in [6.45, 7) is 1.38. The zero-order chi connectivity index (χ0) is 17.2. The van der Waals surface area contributed by atoms with Crippen molar-refractivity contribution in [2.75, 3.05) is 12.4 Å². The first-order chi connectivity index (χ1) is 9.93. The Morgan fingerprint density at radius 2 is 1.68 bits per heavy atom. The van der Waals surface area contributed by atoms with Crippen LogP contribution >= 0.6 is 0 Å². The molecule has 0 aliphatic rings. The number of nitrogens with zero attached hydrogens (tertiary/aromatic N) is 1. The second-order valence-corrected chi connectivity index (χ2v) is 4.15. The summed E-state index contributed by atoms with van der Waals surface area (Å²) in [5.41, 5.74) is -4.56. The lowest BCUT2D eigenvalue weighted by Gasteiger charge is -2.37. The maximum absolute atomic E-state index is 13.1. The lowest BCUT2D eigenvalue weighted by atomic mass is 10.1. The van der Waals surface area contributed by atoms with Crippen LogP contribution in [-0.2, 0) is 4.74 Å². The maximum Gasteiger partial charge on any atom is 0.439 e. The van der Waals surface area contributed by atoms with Gasteiger partial charge in [0.1, 0.15) is 5.82 Å². The molecule has 1 aromatic heterocycles. The number of anilines is 1. The monoisotopic (exact) mass is 331 g/mol. The van der Waals surface area contributed by atoms with Crippen molar-refractivity contribution in [2.45, 2.75) is 24.9 Å². The van der Waals surface area contributed by atoms with Gasteiger partial charge in [-0.15, -0.1) is 0 Å². The van der Waals surface area contributed by atoms with Gasteiger partial charge < -0.3 is 10.1 Å². The molecule has 5 nitrogen and oxygen atoms in total. The van der Waals surface area contributed by atoms with E-state index in [0.29, 0.717) is 7.11 Å². The third-order valence-electron chi connectivity index (χ3n) is 2.53. The Labute approximate surface area is 120 Å². The van der Waals surface area contributed by atoms with Crippen LogP contribution in [0.4, 0.5) is 37.0 Å². The topological polar surface area (TPSA) is 63.2 Å². The normalized spacial score (nSPS) is 12.7. The van der Waals surface area contributed by atoms with Crippen LogP contribution in [0.3, 0.4) is 0 Å². The number of alkyl carbamates (subject to hydrolysis) is 1. The van der Waals surface area contributed by atoms with Crippen molar-refractivity contribution >= 4 is 11.9 Å². The number of halogens is 6. The molecule has 0 saturated heterocycles. The Morgan fingerprint density at radius 1 is 1.14 bits per heavy atom. The van der Waals surface area contributed by atoms with Crippen LogP contribution in [0, 0.1) is 6.92 Å². The number of methoxy groups -OCH3 is 1. The number of amides is 1. The Balaban J connectivity index is 3.39. The van der Waals surface area contributed by atoms with Crippen LogP contribution in [-0.4, -0.2) is 36.2 Å². The molecular weight excluding hydrogens is 320 g/mol. The van der Waals surface area contributed by atoms with E-state index in [1.54, 1.807) is 0 Å². The molecule has 1 rings (SSSR count). The standard InChI is InChI=1S/C11H11F6N3O2/c1-6-4-3-5-7(18-6)19-9(10(12,13)14,11(15,16)17)20-8(21)22-2/h3-5H,1-2H3,(H,18,19)(H,20,21). The average molecular weight is 331 g/mol. The molecule has 1 aromatic rings. The van der Waals surface area contributed by atoms with Crippen molar-refractivity contribution < 1.29 is 35.9 Å². The van der Waals surface area contributed by atoms with Crippen molar-refractivity contribution in [3.63, 3.8) is 0 Å². The molecule has 0 fully saturated rings. The van der Waals surface area contributed by atoms with Crippen molar-refractivity contribution in [1.82, 2.24) is 10.3 Å². The van der Waals surface area contributed by atoms with Gasteiger partial charge in [0.05, 0.1) is 7.11 Å². The Morgan fingerprint density at radius 3 is 2.09 bits per heavy atom. The van der Waals surface area contributed by atoms with E-state index in [4.69, 9.17) is 0 Å². The van der Waals surface area contributed by atoms with Crippen molar-refractivity contribution in [1.29, 1.82) is 0 Å². The van der Waals surface area contributed by atoms with E-state index in [1.807, 2.05) is 0 Å². The van der Waals surface area contributed by atoms with Crippen molar-refractivity contribution in [2.24, 2.45) is 0 Å². The van der Waals surface area contributed by atoms with Gasteiger partial charge in [-0.2, -0.15) is 26.3 Å². The third kappa shape index (κ3) is 3.52. The molecule has 1 amide bonds. The molecule has 0 atom stereocenters. The van der Waals surface area contributed by atoms with Crippen molar-refractivity contribution in [3.8, 4) is 0 Å². The summed E-state index contributed by atoms with van der Waals surface area (Å²) in [7, 11) is 0.637. The highest BCUT2D eigenvalue weighted by Crippen LogP contribution is 2.43. The summed E-state index contributed by atoms with van der Waals surface area (Å²) in [4.78, 5) is 14.5. The second-order valence-electron chi connectivity index (χ2n) is 4.15. The maximum atomic E-state index is 13.1. The molecule has 0 bridgehead atoms. The summed E-state index contributed by atoms with van der Waals surface area (Å²) in [6.07, 6.45) is -13.7. The van der Waals surface area contributed by atoms with E-state index in [1.165, 1.54) is 24.4 Å². The fourth-order valence-electron chi connectivity index (χ4n) is 1.48. The number of carbonyl (C=O) groups excluding carboxylic acids is 1. The smallest absolute Gasteiger partial charge is 0.439 e. The number of nitrogens with one attached hydrogen (secondary N) is 2. The van der Waals surface area contributed by atoms with E-state index < -0.39 is 29.9 Å². The molecule has 0 unspecified atom stereocenters. The molecular formula is C11H11F6N3O2. The molecule has 11 heteroatoms. The lowest BCUT2D eigenvalue weighted by molar-refractivity contribution is -0.294. The average Bonchev–Trinajstić information content (AvgIpc) is 2.35. The first-order valence-electron chi connectivity index (χ1n) is 5.64. The van der Waals surface area contributed by atoms with Gasteiger partial charge in [0.2, 0.25) is 0 Å². The number of aryl methyl sites for hydroxylation is 1. The Kier molecular flexibility index (Phi) is 4.78. The molecule has 2 N–H and O–H groups in total. The molecule has 1 heterocycles. The van der Waals surface area contributed by atoms with Gasteiger partial charge in [0.15, 0.2) is 0 Å². The van der Waals surface area contributed by atoms with Gasteiger partial charge in [-0.25, -0.2) is 9.78 Å². The Hall–Kier alpha value is -2.20. The summed E-state index contributed by atoms with van der Waals surface area (Å²) < 4.78 is 82.3. The molecule has 0 saturated carbocycles. The van der Waals surface area contributed by atoms with E-state index in [2.05, 4.69) is 9.72 Å². The van der Waals surface area contributed by atoms with Gasteiger partial charge in [0, 0.05) is 5.69 Å². The fraction of sp³-hybridized carbons (Fsp3) is 0.455. The van der Waals surface area contributed by atoms with Crippen LogP contribution in [0.1, 0.15) is 5.69 Å². The number of aromatic nitrogens is 1. The highest BCUT2D eigenvalue weighted by atomic mass is 19.4. The largest absolute Gasteiger partial charge is 0.453 e. The summed E-state index contributed by atoms with van der Waals surface area (Å²) in [6, 6.07) is 3.49. The highest BCUT2D eigenvalue weighted by molar-refractivity contribution is 5.69. The third-order valence-corrected chi connectivity index (χ3v) is 2.53. The number of hydrogen-bond donors (Lipinski definition) is 2. The zero-order valence-corrected chi connectivity index (χ0v) is 11.3. The molecule has 124 valence electrons. The molecule has 0 aliphatic heterocycles. The van der Waals surface area contributed by atoms with Gasteiger partial charge >= 0.3 is 24.1 Å². The second kappa shape index (κ2) is 5.89. The number of carbonyl (C=O) groups is 1. The highest BCUT2D eigenvalue weighted by Gasteiger charge is 2.73. The van der Waals surface area contributed by atoms with Crippen LogP contribution in [0.5, 0.6) is 0 Å². The quantitative estimate of drug-likeness (QED) is 0.660. The van der Waals surface area contributed by atoms with E-state index in [9.17, 15) is 31.1 Å². The van der Waals surface area contributed by atoms with E-state index >= 15 is 0 Å². The number of alkyl halides is 6. The van der Waals surface area contributed by atoms with Crippen LogP contribution < -0.4 is 10.6 Å². The number of ether oxygens (including phenoxy) is 1. The lowest BCUT2D eigenvalue weighted by Crippen LogP contribution is -2.72. The van der Waals surface area contributed by atoms with Gasteiger partial charge in [-0.05, 0) is 19.1 Å². The molecule has 0 spiro atoms. The van der Waals surface area contributed by atoms with Gasteiger partial charge in [-0.3, -0.25) is 5.32 Å². The number of pyridine rings is 1. The summed E-state index contributed by atoms with van der Waals surface area (Å²) in [5.74, 6) is -0.717. The van der Waals surface area contributed by atoms with E-state index in [-0.39, 0.29) is 5.69 Å². The molecule has 0 aliphatic carbocycles. The summed E-state index contributed by atoms with van der Waals surface area (Å²) in [5, 5.41) is 1.97. The molecule has 0 aromatic carbocycles. The minimum atomic E-state index is -5.91. The van der Waals surface area contributed by atoms with Crippen molar-refractivity contribution in [3.05, 3.63) is 23.9 Å². The predicted octanol–water partition coefficient (Wildman–Crippen LogP) is 2.98. The molecule has 22 heavy (non-hydrogen) atoms. The zero-order valence-electron chi connectivity index (χ0n) is 11.3. The fourth-order valence-corrected chi connectivity index (χ4v) is 1.48.